The first-order chi connectivity index (χ1) is 4.23. The third kappa shape index (κ3) is 0.700. The van der Waals surface area contributed by atoms with Gasteiger partial charge in [0.25, 0.3) is 0 Å². The van der Waals surface area contributed by atoms with Gasteiger partial charge in [0.15, 0.2) is 0 Å². The number of epoxide rings is 1. The summed E-state index contributed by atoms with van der Waals surface area (Å²) in [5.41, 5.74) is 0.152. The smallest absolute Gasteiger partial charge is 0.120 e. The summed E-state index contributed by atoms with van der Waals surface area (Å²) in [6, 6.07) is 0. The van der Waals surface area contributed by atoms with E-state index >= 15 is 0 Å². The van der Waals surface area contributed by atoms with Crippen molar-refractivity contribution < 1.29 is 9.47 Å². The molecule has 3 atom stereocenters. The lowest BCUT2D eigenvalue weighted by atomic mass is 10.0. The molecule has 2 aliphatic heterocycles. The first-order valence-corrected chi connectivity index (χ1v) is 3.52. The van der Waals surface area contributed by atoms with Gasteiger partial charge in [0.1, 0.15) is 5.60 Å². The van der Waals surface area contributed by atoms with Crippen molar-refractivity contribution >= 4 is 0 Å². The summed E-state index contributed by atoms with van der Waals surface area (Å²) >= 11 is 0. The maximum Gasteiger partial charge on any atom is 0.120 e. The fraction of sp³-hybridized carbons (Fsp3) is 1.00. The molecule has 9 heavy (non-hydrogen) atoms. The van der Waals surface area contributed by atoms with Crippen LogP contribution in [0.2, 0.25) is 0 Å². The molecule has 0 bridgehead atoms. The molecule has 1 spiro atoms. The summed E-state index contributed by atoms with van der Waals surface area (Å²) in [5.74, 6) is 0. The minimum Gasteiger partial charge on any atom is -0.372 e. The molecule has 2 heteroatoms. The molecule has 0 aliphatic carbocycles. The van der Waals surface area contributed by atoms with Crippen LogP contribution in [0.4, 0.5) is 0 Å². The molecule has 0 aromatic rings. The Hall–Kier alpha value is -0.0800. The molecule has 3 unspecified atom stereocenters. The number of hydrogen-bond donors (Lipinski definition) is 0. The number of hydrogen-bond acceptors (Lipinski definition) is 2. The van der Waals surface area contributed by atoms with Crippen LogP contribution < -0.4 is 0 Å². The van der Waals surface area contributed by atoms with Crippen LogP contribution in [0.3, 0.4) is 0 Å². The predicted octanol–water partition coefficient (Wildman–Crippen LogP) is 0.953. The summed E-state index contributed by atoms with van der Waals surface area (Å²) in [7, 11) is 0. The van der Waals surface area contributed by atoms with Crippen molar-refractivity contribution in [1.82, 2.24) is 0 Å². The second-order valence-electron chi connectivity index (χ2n) is 3.15. The van der Waals surface area contributed by atoms with Crippen molar-refractivity contribution in [2.45, 2.75) is 38.1 Å². The molecule has 2 aliphatic rings. The van der Waals surface area contributed by atoms with E-state index in [2.05, 4.69) is 13.8 Å². The summed E-state index contributed by atoms with van der Waals surface area (Å²) in [6.45, 7) is 5.11. The second kappa shape index (κ2) is 1.50. The lowest BCUT2D eigenvalue weighted by molar-refractivity contribution is 0.0486. The van der Waals surface area contributed by atoms with E-state index < -0.39 is 0 Å². The molecular weight excluding hydrogens is 116 g/mol. The van der Waals surface area contributed by atoms with E-state index in [1.165, 1.54) is 0 Å². The van der Waals surface area contributed by atoms with Gasteiger partial charge in [-0.05, 0) is 13.8 Å². The lowest BCUT2D eigenvalue weighted by Gasteiger charge is -2.05. The van der Waals surface area contributed by atoms with Gasteiger partial charge in [0.2, 0.25) is 0 Å². The van der Waals surface area contributed by atoms with Gasteiger partial charge in [-0.25, -0.2) is 0 Å². The number of ether oxygens (including phenoxy) is 2. The highest BCUT2D eigenvalue weighted by Crippen LogP contribution is 2.43. The maximum atomic E-state index is 5.51. The van der Waals surface area contributed by atoms with Crippen LogP contribution >= 0.6 is 0 Å². The van der Waals surface area contributed by atoms with E-state index in [0.717, 1.165) is 13.0 Å². The minimum absolute atomic E-state index is 0.152. The van der Waals surface area contributed by atoms with Crippen LogP contribution in [0.15, 0.2) is 0 Å². The lowest BCUT2D eigenvalue weighted by Crippen LogP contribution is -2.20. The Balaban J connectivity index is 2.10. The Morgan fingerprint density at radius 3 is 2.33 bits per heavy atom. The van der Waals surface area contributed by atoms with Crippen molar-refractivity contribution in [3.63, 3.8) is 0 Å². The SMILES string of the molecule is CC1CC2(CO2)C(C)O1. The third-order valence-electron chi connectivity index (χ3n) is 2.33. The molecule has 52 valence electrons. The summed E-state index contributed by atoms with van der Waals surface area (Å²) in [6.07, 6.45) is 1.82. The zero-order valence-electron chi connectivity index (χ0n) is 5.89. The Labute approximate surface area is 55.1 Å². The van der Waals surface area contributed by atoms with Crippen LogP contribution in [0.5, 0.6) is 0 Å². The predicted molar refractivity (Wildman–Crippen MR) is 33.3 cm³/mol. The molecule has 2 nitrogen and oxygen atoms in total. The van der Waals surface area contributed by atoms with E-state index in [-0.39, 0.29) is 5.60 Å². The zero-order chi connectivity index (χ0) is 6.48. The van der Waals surface area contributed by atoms with Crippen molar-refractivity contribution in [2.75, 3.05) is 6.61 Å². The highest BCUT2D eigenvalue weighted by atomic mass is 16.6. The fourth-order valence-corrected chi connectivity index (χ4v) is 1.62. The summed E-state index contributed by atoms with van der Waals surface area (Å²) in [4.78, 5) is 0. The van der Waals surface area contributed by atoms with Crippen molar-refractivity contribution in [2.24, 2.45) is 0 Å². The minimum atomic E-state index is 0.152. The van der Waals surface area contributed by atoms with Crippen LogP contribution in [0.25, 0.3) is 0 Å². The molecular formula is C7H12O2. The molecule has 2 rings (SSSR count). The van der Waals surface area contributed by atoms with Gasteiger partial charge in [-0.2, -0.15) is 0 Å². The normalized spacial score (nSPS) is 56.7. The van der Waals surface area contributed by atoms with Crippen molar-refractivity contribution in [1.29, 1.82) is 0 Å². The van der Waals surface area contributed by atoms with E-state index in [1.54, 1.807) is 0 Å². The summed E-state index contributed by atoms with van der Waals surface area (Å²) in [5, 5.41) is 0. The van der Waals surface area contributed by atoms with Gasteiger partial charge in [-0.3, -0.25) is 0 Å². The molecule has 0 radical (unpaired) electrons. The Morgan fingerprint density at radius 2 is 2.11 bits per heavy atom. The average molecular weight is 128 g/mol. The quantitative estimate of drug-likeness (QED) is 0.453. The van der Waals surface area contributed by atoms with Crippen LogP contribution in [-0.2, 0) is 9.47 Å². The average Bonchev–Trinajstić information content (AvgIpc) is 2.42. The largest absolute Gasteiger partial charge is 0.372 e. The molecule has 0 N–H and O–H groups in total. The number of rotatable bonds is 0. The third-order valence-corrected chi connectivity index (χ3v) is 2.33. The summed E-state index contributed by atoms with van der Waals surface area (Å²) < 4.78 is 10.8. The van der Waals surface area contributed by atoms with Gasteiger partial charge in [-0.15, -0.1) is 0 Å². The molecule has 0 saturated carbocycles. The van der Waals surface area contributed by atoms with Gasteiger partial charge in [0.05, 0.1) is 18.8 Å². The first kappa shape index (κ1) is 5.69. The van der Waals surface area contributed by atoms with Gasteiger partial charge in [-0.1, -0.05) is 0 Å². The van der Waals surface area contributed by atoms with Gasteiger partial charge < -0.3 is 9.47 Å². The van der Waals surface area contributed by atoms with Crippen LogP contribution in [-0.4, -0.2) is 24.4 Å². The molecule has 0 aromatic heterocycles. The van der Waals surface area contributed by atoms with Gasteiger partial charge in [0, 0.05) is 6.42 Å². The monoisotopic (exact) mass is 128 g/mol. The second-order valence-corrected chi connectivity index (χ2v) is 3.15. The standard InChI is InChI=1S/C7H12O2/c1-5-3-7(4-8-7)6(2)9-5/h5-6H,3-4H2,1-2H3. The Morgan fingerprint density at radius 1 is 1.44 bits per heavy atom. The Kier molecular flexibility index (Phi) is 0.945. The van der Waals surface area contributed by atoms with Crippen molar-refractivity contribution in [3.8, 4) is 0 Å². The molecule has 0 amide bonds. The van der Waals surface area contributed by atoms with E-state index in [1.807, 2.05) is 0 Å². The zero-order valence-corrected chi connectivity index (χ0v) is 5.89. The van der Waals surface area contributed by atoms with E-state index in [0.29, 0.717) is 12.2 Å². The highest BCUT2D eigenvalue weighted by molar-refractivity contribution is 5.03. The first-order valence-electron chi connectivity index (χ1n) is 3.52. The van der Waals surface area contributed by atoms with E-state index in [9.17, 15) is 0 Å². The molecule has 2 heterocycles. The van der Waals surface area contributed by atoms with Crippen molar-refractivity contribution in [3.05, 3.63) is 0 Å². The highest BCUT2D eigenvalue weighted by Gasteiger charge is 2.55. The van der Waals surface area contributed by atoms with Gasteiger partial charge >= 0.3 is 0 Å². The Bertz CT molecular complexity index is 129. The van der Waals surface area contributed by atoms with Crippen LogP contribution in [0.1, 0.15) is 20.3 Å². The maximum absolute atomic E-state index is 5.51. The molecule has 2 fully saturated rings. The van der Waals surface area contributed by atoms with Crippen LogP contribution in [0, 0.1) is 0 Å². The van der Waals surface area contributed by atoms with E-state index in [4.69, 9.17) is 9.47 Å². The fourth-order valence-electron chi connectivity index (χ4n) is 1.62. The molecule has 2 saturated heterocycles. The molecule has 0 aromatic carbocycles. The topological polar surface area (TPSA) is 21.8 Å².